The van der Waals surface area contributed by atoms with Crippen molar-refractivity contribution >= 4 is 20.1 Å². The van der Waals surface area contributed by atoms with Crippen molar-refractivity contribution in [3.05, 3.63) is 36.0 Å². The SMILES string of the molecule is COC(=O)/C=C/[C@H](O)CC(=O)/C=C/C(C)=C/CO[Si](C)(C)C(C)(C)C. The highest BCUT2D eigenvalue weighted by Crippen LogP contribution is 2.36. The zero-order chi connectivity index (χ0) is 19.7. The molecule has 0 saturated carbocycles. The quantitative estimate of drug-likeness (QED) is 0.291. The lowest BCUT2D eigenvalue weighted by atomic mass is 10.1. The molecule has 0 aromatic heterocycles. The van der Waals surface area contributed by atoms with Crippen LogP contribution in [0.5, 0.6) is 0 Å². The number of carbonyl (C=O) groups excluding carboxylic acids is 2. The van der Waals surface area contributed by atoms with Gasteiger partial charge in [-0.25, -0.2) is 4.79 Å². The molecule has 1 atom stereocenters. The molecule has 0 unspecified atom stereocenters. The van der Waals surface area contributed by atoms with Gasteiger partial charge in [-0.3, -0.25) is 4.79 Å². The molecule has 0 amide bonds. The Morgan fingerprint density at radius 1 is 1.16 bits per heavy atom. The van der Waals surface area contributed by atoms with Crippen LogP contribution in [-0.2, 0) is 18.8 Å². The van der Waals surface area contributed by atoms with Crippen LogP contribution in [0.3, 0.4) is 0 Å². The number of ketones is 1. The highest BCUT2D eigenvalue weighted by molar-refractivity contribution is 6.74. The van der Waals surface area contributed by atoms with Crippen LogP contribution in [0.2, 0.25) is 18.1 Å². The van der Waals surface area contributed by atoms with Crippen molar-refractivity contribution < 1.29 is 23.9 Å². The lowest BCUT2D eigenvalue weighted by molar-refractivity contribution is -0.135. The fraction of sp³-hybridized carbons (Fsp3) is 0.579. The monoisotopic (exact) mass is 368 g/mol. The Morgan fingerprint density at radius 3 is 2.28 bits per heavy atom. The lowest BCUT2D eigenvalue weighted by Gasteiger charge is -2.35. The van der Waals surface area contributed by atoms with Gasteiger partial charge in [0.15, 0.2) is 14.1 Å². The van der Waals surface area contributed by atoms with Gasteiger partial charge in [0, 0.05) is 12.5 Å². The molecule has 0 fully saturated rings. The van der Waals surface area contributed by atoms with Crippen molar-refractivity contribution in [2.75, 3.05) is 13.7 Å². The Bertz CT molecular complexity index is 539. The Labute approximate surface area is 152 Å². The van der Waals surface area contributed by atoms with Crippen LogP contribution in [0.1, 0.15) is 34.1 Å². The molecular formula is C19H32O5Si. The van der Waals surface area contributed by atoms with Gasteiger partial charge in [-0.1, -0.05) is 38.5 Å². The van der Waals surface area contributed by atoms with Crippen molar-refractivity contribution in [3.8, 4) is 0 Å². The van der Waals surface area contributed by atoms with Crippen LogP contribution in [0.15, 0.2) is 36.0 Å². The second-order valence-corrected chi connectivity index (χ2v) is 12.3. The van der Waals surface area contributed by atoms with Crippen molar-refractivity contribution in [3.63, 3.8) is 0 Å². The van der Waals surface area contributed by atoms with Crippen LogP contribution < -0.4 is 0 Å². The van der Waals surface area contributed by atoms with E-state index in [9.17, 15) is 14.7 Å². The number of methoxy groups -OCH3 is 1. The molecule has 0 aliphatic carbocycles. The van der Waals surface area contributed by atoms with Crippen molar-refractivity contribution in [1.29, 1.82) is 0 Å². The first-order valence-corrected chi connectivity index (χ1v) is 11.3. The number of esters is 1. The molecule has 5 nitrogen and oxygen atoms in total. The zero-order valence-electron chi connectivity index (χ0n) is 16.5. The van der Waals surface area contributed by atoms with Gasteiger partial charge < -0.3 is 14.3 Å². The lowest BCUT2D eigenvalue weighted by Crippen LogP contribution is -2.40. The minimum Gasteiger partial charge on any atom is -0.466 e. The van der Waals surface area contributed by atoms with Gasteiger partial charge in [0.25, 0.3) is 0 Å². The second-order valence-electron chi connectivity index (χ2n) is 7.47. The largest absolute Gasteiger partial charge is 0.466 e. The summed E-state index contributed by atoms with van der Waals surface area (Å²) < 4.78 is 10.5. The fourth-order valence-corrected chi connectivity index (χ4v) is 2.42. The minimum absolute atomic E-state index is 0.0856. The predicted octanol–water partition coefficient (Wildman–Crippen LogP) is 3.56. The minimum atomic E-state index is -1.77. The van der Waals surface area contributed by atoms with E-state index < -0.39 is 20.4 Å². The highest BCUT2D eigenvalue weighted by Gasteiger charge is 2.36. The molecule has 0 spiro atoms. The van der Waals surface area contributed by atoms with E-state index in [4.69, 9.17) is 4.43 Å². The van der Waals surface area contributed by atoms with Gasteiger partial charge in [-0.15, -0.1) is 0 Å². The average Bonchev–Trinajstić information content (AvgIpc) is 2.49. The van der Waals surface area contributed by atoms with Crippen LogP contribution >= 0.6 is 0 Å². The van der Waals surface area contributed by atoms with Crippen LogP contribution in [0, 0.1) is 0 Å². The van der Waals surface area contributed by atoms with Crippen LogP contribution in [-0.4, -0.2) is 45.0 Å². The van der Waals surface area contributed by atoms with E-state index in [1.807, 2.05) is 13.0 Å². The van der Waals surface area contributed by atoms with E-state index >= 15 is 0 Å². The van der Waals surface area contributed by atoms with Gasteiger partial charge in [-0.2, -0.15) is 0 Å². The summed E-state index contributed by atoms with van der Waals surface area (Å²) in [6.07, 6.45) is 6.32. The Kier molecular flexibility index (Phi) is 9.85. The molecule has 0 aromatic rings. The molecule has 142 valence electrons. The van der Waals surface area contributed by atoms with E-state index in [-0.39, 0.29) is 17.2 Å². The zero-order valence-corrected chi connectivity index (χ0v) is 17.5. The van der Waals surface area contributed by atoms with E-state index in [0.29, 0.717) is 6.61 Å². The number of allylic oxidation sites excluding steroid dienone is 3. The molecule has 0 saturated heterocycles. The molecular weight excluding hydrogens is 336 g/mol. The number of aliphatic hydroxyl groups excluding tert-OH is 1. The molecule has 1 N–H and O–H groups in total. The molecule has 0 aromatic carbocycles. The summed E-state index contributed by atoms with van der Waals surface area (Å²) in [7, 11) is -0.527. The first kappa shape index (κ1) is 23.5. The van der Waals surface area contributed by atoms with E-state index in [1.165, 1.54) is 19.3 Å². The number of hydrogen-bond donors (Lipinski definition) is 1. The molecule has 0 radical (unpaired) electrons. The third-order valence-corrected chi connectivity index (χ3v) is 8.75. The Balaban J connectivity index is 4.45. The number of ether oxygens (including phenoxy) is 1. The van der Waals surface area contributed by atoms with Crippen LogP contribution in [0.4, 0.5) is 0 Å². The van der Waals surface area contributed by atoms with Crippen molar-refractivity contribution in [2.45, 2.75) is 58.4 Å². The van der Waals surface area contributed by atoms with E-state index in [1.54, 1.807) is 6.08 Å². The number of carbonyl (C=O) groups is 2. The maximum Gasteiger partial charge on any atom is 0.330 e. The molecule has 0 heterocycles. The van der Waals surface area contributed by atoms with E-state index in [2.05, 4.69) is 38.6 Å². The highest BCUT2D eigenvalue weighted by atomic mass is 28.4. The maximum atomic E-state index is 11.8. The topological polar surface area (TPSA) is 72.8 Å². The molecule has 0 rings (SSSR count). The summed E-state index contributed by atoms with van der Waals surface area (Å²) in [6.45, 7) is 13.4. The van der Waals surface area contributed by atoms with E-state index in [0.717, 1.165) is 11.6 Å². The first-order valence-electron chi connectivity index (χ1n) is 8.35. The normalized spacial score (nSPS) is 15.0. The Morgan fingerprint density at radius 2 is 1.76 bits per heavy atom. The third-order valence-electron chi connectivity index (χ3n) is 4.25. The first-order chi connectivity index (χ1) is 11.4. The second kappa shape index (κ2) is 10.5. The summed E-state index contributed by atoms with van der Waals surface area (Å²) in [5, 5.41) is 9.82. The molecule has 0 aliphatic heterocycles. The number of rotatable bonds is 9. The van der Waals surface area contributed by atoms with Gasteiger partial charge in [0.2, 0.25) is 0 Å². The van der Waals surface area contributed by atoms with Crippen molar-refractivity contribution in [2.24, 2.45) is 0 Å². The molecule has 25 heavy (non-hydrogen) atoms. The van der Waals surface area contributed by atoms with Gasteiger partial charge in [0.1, 0.15) is 0 Å². The summed E-state index contributed by atoms with van der Waals surface area (Å²) in [4.78, 5) is 22.7. The predicted molar refractivity (Wildman–Crippen MR) is 103 cm³/mol. The number of hydrogen-bond acceptors (Lipinski definition) is 5. The maximum absolute atomic E-state index is 11.8. The summed E-state index contributed by atoms with van der Waals surface area (Å²) in [5.74, 6) is -0.789. The fourth-order valence-electron chi connectivity index (χ4n) is 1.49. The standard InChI is InChI=1S/C19H32O5Si/c1-15(12-13-24-25(6,7)19(2,3)4)8-9-16(20)14-17(21)10-11-18(22)23-5/h8-12,17,21H,13-14H2,1-7H3/b9-8+,11-10+,15-12+/t17-/m0/s1. The molecule has 0 aliphatic rings. The smallest absolute Gasteiger partial charge is 0.330 e. The molecule has 6 heteroatoms. The third kappa shape index (κ3) is 10.2. The summed E-state index contributed by atoms with van der Waals surface area (Å²) >= 11 is 0. The average molecular weight is 369 g/mol. The summed E-state index contributed by atoms with van der Waals surface area (Å²) in [5.41, 5.74) is 0.923. The van der Waals surface area contributed by atoms with Gasteiger partial charge in [-0.05, 0) is 37.2 Å². The van der Waals surface area contributed by atoms with Crippen molar-refractivity contribution in [1.82, 2.24) is 0 Å². The van der Waals surface area contributed by atoms with Crippen LogP contribution in [0.25, 0.3) is 0 Å². The van der Waals surface area contributed by atoms with Gasteiger partial charge in [0.05, 0.1) is 19.8 Å². The van der Waals surface area contributed by atoms with Gasteiger partial charge >= 0.3 is 5.97 Å². The Hall–Kier alpha value is -1.50. The molecule has 0 bridgehead atoms. The summed E-state index contributed by atoms with van der Waals surface area (Å²) in [6, 6.07) is 0. The number of aliphatic hydroxyl groups is 1.